The van der Waals surface area contributed by atoms with Gasteiger partial charge in [-0.3, -0.25) is 9.79 Å². The maximum absolute atomic E-state index is 13.0. The summed E-state index contributed by atoms with van der Waals surface area (Å²) in [6.45, 7) is 16.2. The molecule has 1 N–H and O–H groups in total. The van der Waals surface area contributed by atoms with Crippen LogP contribution >= 0.6 is 30.1 Å². The molecule has 1 saturated heterocycles. The van der Waals surface area contributed by atoms with Gasteiger partial charge in [0.1, 0.15) is 24.4 Å². The Morgan fingerprint density at radius 1 is 1.04 bits per heavy atom. The summed E-state index contributed by atoms with van der Waals surface area (Å²) in [5, 5.41) is 2.92. The highest BCUT2D eigenvalue weighted by Crippen LogP contribution is 2.50. The van der Waals surface area contributed by atoms with Crippen LogP contribution in [0.4, 0.5) is 0 Å². The van der Waals surface area contributed by atoms with Crippen LogP contribution in [-0.2, 0) is 29.7 Å². The topological polar surface area (TPSA) is 119 Å². The predicted octanol–water partition coefficient (Wildman–Crippen LogP) is 7.20. The zero-order chi connectivity index (χ0) is 38.8. The van der Waals surface area contributed by atoms with Crippen LogP contribution in [0.3, 0.4) is 0 Å². The minimum absolute atomic E-state index is 0.0595. The number of nitrogens with zero attached hydrogens (tertiary/aromatic N) is 5. The van der Waals surface area contributed by atoms with Crippen LogP contribution in [0.5, 0.6) is 0 Å². The Bertz CT molecular complexity index is 1590. The van der Waals surface area contributed by atoms with Gasteiger partial charge in [-0.1, -0.05) is 78.8 Å². The molecule has 0 saturated carbocycles. The maximum atomic E-state index is 13.0. The van der Waals surface area contributed by atoms with Crippen molar-refractivity contribution in [1.29, 1.82) is 0 Å². The van der Waals surface area contributed by atoms with Crippen molar-refractivity contribution in [2.24, 2.45) is 15.0 Å². The molecule has 2 aromatic rings. The molecule has 1 amide bonds. The fraction of sp³-hybridized carbons (Fsp3) is 0.579. The molecule has 3 aliphatic heterocycles. The molecule has 0 radical (unpaired) electrons. The highest BCUT2D eigenvalue weighted by Gasteiger charge is 2.52. The second kappa shape index (κ2) is 19.5. The van der Waals surface area contributed by atoms with Crippen molar-refractivity contribution in [3.63, 3.8) is 0 Å². The Morgan fingerprint density at radius 2 is 1.77 bits per heavy atom. The standard InChI is InChI=1S/C38H55N6O6PS2/c1-25(2)44(26(3)4)51(48-20-19-28-15-13-14-18-30(28)52-53-38(6,7)8)50-32-27(5)49-37(33(32)47-22-21-46-9)43-24-41-31-34(39-23-40-35(31)43)42-36(45)29-16-11-10-12-17-29/h10-18,23-27,31-33,35,37H,19-22H2,1-9H3,(H,39,40,42,45)/i5D. The number of amidine groups is 1. The van der Waals surface area contributed by atoms with Gasteiger partial charge in [0.15, 0.2) is 18.4 Å². The molecule has 12 nitrogen and oxygen atoms in total. The lowest BCUT2D eigenvalue weighted by molar-refractivity contribution is -0.0954. The first-order valence-electron chi connectivity index (χ1n) is 18.8. The molecule has 7 atom stereocenters. The van der Waals surface area contributed by atoms with Crippen molar-refractivity contribution in [2.45, 2.75) is 120 Å². The Balaban J connectivity index is 1.35. The molecule has 15 heteroatoms. The molecular weight excluding hydrogens is 732 g/mol. The van der Waals surface area contributed by atoms with Gasteiger partial charge in [0.05, 0.1) is 32.3 Å². The fourth-order valence-corrected chi connectivity index (χ4v) is 10.1. The van der Waals surface area contributed by atoms with Crippen molar-refractivity contribution in [2.75, 3.05) is 26.9 Å². The highest BCUT2D eigenvalue weighted by atomic mass is 33.1. The average Bonchev–Trinajstić information content (AvgIpc) is 3.72. The van der Waals surface area contributed by atoms with Crippen LogP contribution in [0, 0.1) is 0 Å². The average molecular weight is 788 g/mol. The normalized spacial score (nSPS) is 24.9. The van der Waals surface area contributed by atoms with Crippen LogP contribution in [0.2, 0.25) is 0 Å². The lowest BCUT2D eigenvalue weighted by Gasteiger charge is -2.38. The van der Waals surface area contributed by atoms with Gasteiger partial charge in [0.25, 0.3) is 14.4 Å². The SMILES string of the molecule is [2H]CC1OC(N2C=NC3C(NC(=O)c4ccccc4)=NC=NC32)C(OCCOC)C1OP(OCCc1ccccc1SSC(C)(C)C)N(C(C)C)C(C)C. The third kappa shape index (κ3) is 11.1. The van der Waals surface area contributed by atoms with Gasteiger partial charge >= 0.3 is 0 Å². The Labute approximate surface area is 325 Å². The van der Waals surface area contributed by atoms with E-state index in [0.29, 0.717) is 24.6 Å². The van der Waals surface area contributed by atoms with E-state index in [1.54, 1.807) is 36.4 Å². The van der Waals surface area contributed by atoms with Gasteiger partial charge in [-0.15, -0.1) is 0 Å². The number of benzene rings is 2. The fourth-order valence-electron chi connectivity index (χ4n) is 6.11. The third-order valence-electron chi connectivity index (χ3n) is 8.49. The predicted molar refractivity (Wildman–Crippen MR) is 217 cm³/mol. The van der Waals surface area contributed by atoms with Crippen molar-refractivity contribution in [3.8, 4) is 0 Å². The zero-order valence-corrected chi connectivity index (χ0v) is 34.5. The second-order valence-electron chi connectivity index (χ2n) is 14.4. The lowest BCUT2D eigenvalue weighted by Crippen LogP contribution is -2.53. The summed E-state index contributed by atoms with van der Waals surface area (Å²) in [4.78, 5) is 29.9. The van der Waals surface area contributed by atoms with Crippen molar-refractivity contribution < 1.29 is 29.4 Å². The van der Waals surface area contributed by atoms with Crippen molar-refractivity contribution in [3.05, 3.63) is 65.7 Å². The maximum Gasteiger partial charge on any atom is 0.259 e. The smallest absolute Gasteiger partial charge is 0.259 e. The lowest BCUT2D eigenvalue weighted by atomic mass is 10.1. The van der Waals surface area contributed by atoms with Gasteiger partial charge in [-0.2, -0.15) is 0 Å². The van der Waals surface area contributed by atoms with Gasteiger partial charge < -0.3 is 33.5 Å². The van der Waals surface area contributed by atoms with Gasteiger partial charge in [0, 0.05) is 35.8 Å². The molecule has 290 valence electrons. The van der Waals surface area contributed by atoms with E-state index in [-0.39, 0.29) is 36.2 Å². The number of nitrogens with one attached hydrogen (secondary N) is 1. The Hall–Kier alpha value is -2.39. The molecule has 3 aliphatic rings. The largest absolute Gasteiger partial charge is 0.382 e. The van der Waals surface area contributed by atoms with Gasteiger partial charge in [-0.05, 0) is 64.8 Å². The molecule has 1 fully saturated rings. The first-order valence-corrected chi connectivity index (χ1v) is 21.3. The molecular formula is C38H55N6O6PS2. The number of fused-ring (bicyclic) bond motifs is 1. The highest BCUT2D eigenvalue weighted by molar-refractivity contribution is 8.77. The number of carbonyl (C=O) groups excluding carboxylic acids is 1. The van der Waals surface area contributed by atoms with E-state index in [0.717, 1.165) is 6.42 Å². The van der Waals surface area contributed by atoms with Crippen LogP contribution in [0.15, 0.2) is 74.5 Å². The minimum Gasteiger partial charge on any atom is -0.382 e. The summed E-state index contributed by atoms with van der Waals surface area (Å²) < 4.78 is 43.2. The minimum atomic E-state index is -1.61. The van der Waals surface area contributed by atoms with Crippen LogP contribution in [0.25, 0.3) is 0 Å². The van der Waals surface area contributed by atoms with Gasteiger partial charge in [0.2, 0.25) is 0 Å². The van der Waals surface area contributed by atoms with E-state index in [9.17, 15) is 4.79 Å². The quantitative estimate of drug-likeness (QED) is 0.100. The summed E-state index contributed by atoms with van der Waals surface area (Å²) in [6.07, 6.45) is 0.659. The molecule has 53 heavy (non-hydrogen) atoms. The molecule has 0 aromatic heterocycles. The number of rotatable bonds is 17. The Morgan fingerprint density at radius 3 is 2.47 bits per heavy atom. The number of hydrogen-bond acceptors (Lipinski definition) is 13. The van der Waals surface area contributed by atoms with E-state index < -0.39 is 45.3 Å². The molecule has 2 aromatic carbocycles. The number of amides is 1. The first kappa shape index (κ1) is 40.3. The summed E-state index contributed by atoms with van der Waals surface area (Å²) in [5.74, 6) is 0.109. The first-order chi connectivity index (χ1) is 25.9. The molecule has 3 heterocycles. The number of carbonyl (C=O) groups is 1. The van der Waals surface area contributed by atoms with Crippen LogP contribution in [-0.4, -0.2) is 114 Å². The molecule has 5 rings (SSSR count). The zero-order valence-electron chi connectivity index (χ0n) is 33.0. The van der Waals surface area contributed by atoms with Gasteiger partial charge in [-0.25, -0.2) is 14.7 Å². The summed E-state index contributed by atoms with van der Waals surface area (Å²) in [7, 11) is 3.66. The number of methoxy groups -OCH3 is 1. The summed E-state index contributed by atoms with van der Waals surface area (Å²) >= 11 is 0. The van der Waals surface area contributed by atoms with E-state index in [1.807, 2.05) is 33.9 Å². The van der Waals surface area contributed by atoms with E-state index in [1.165, 1.54) is 16.8 Å². The number of hydrogen-bond donors (Lipinski definition) is 1. The molecule has 7 unspecified atom stereocenters. The van der Waals surface area contributed by atoms with E-state index in [4.69, 9.17) is 29.6 Å². The molecule has 0 aliphatic carbocycles. The van der Waals surface area contributed by atoms with Crippen molar-refractivity contribution in [1.82, 2.24) is 14.9 Å². The molecule has 0 bridgehead atoms. The van der Waals surface area contributed by atoms with Crippen LogP contribution < -0.4 is 5.32 Å². The number of aliphatic imine (C=N–C) groups is 3. The summed E-state index contributed by atoms with van der Waals surface area (Å²) in [5.41, 5.74) is 1.74. The monoisotopic (exact) mass is 787 g/mol. The van der Waals surface area contributed by atoms with Crippen LogP contribution in [0.1, 0.15) is 72.7 Å². The van der Waals surface area contributed by atoms with E-state index >= 15 is 0 Å². The number of ether oxygens (including phenoxy) is 3. The third-order valence-corrected chi connectivity index (χ3v) is 14.1. The summed E-state index contributed by atoms with van der Waals surface area (Å²) in [6, 6.07) is 17.1. The van der Waals surface area contributed by atoms with Crippen molar-refractivity contribution >= 4 is 54.5 Å². The second-order valence-corrected chi connectivity index (χ2v) is 18.8. The molecule has 0 spiro atoms. The Kier molecular flexibility index (Phi) is 14.8. The van der Waals surface area contributed by atoms with E-state index in [2.05, 4.69) is 92.7 Å².